The first-order valence-electron chi connectivity index (χ1n) is 5.60. The summed E-state index contributed by atoms with van der Waals surface area (Å²) in [5, 5.41) is 10.1. The number of hydrogen-bond donors (Lipinski definition) is 2. The molecule has 1 aliphatic heterocycles. The van der Waals surface area contributed by atoms with Gasteiger partial charge in [0, 0.05) is 4.47 Å². The van der Waals surface area contributed by atoms with Gasteiger partial charge in [0.1, 0.15) is 25.7 Å². The predicted molar refractivity (Wildman–Crippen MR) is 65.5 cm³/mol. The molecule has 0 bridgehead atoms. The summed E-state index contributed by atoms with van der Waals surface area (Å²) in [5.41, 5.74) is 0.988. The van der Waals surface area contributed by atoms with Crippen molar-refractivity contribution in [3.8, 4) is 0 Å². The average Bonchev–Trinajstić information content (AvgIpc) is 2.31. The zero-order valence-corrected chi connectivity index (χ0v) is 10.7. The Hall–Kier alpha value is -0.420. The highest BCUT2D eigenvalue weighted by Crippen LogP contribution is 2.15. The van der Waals surface area contributed by atoms with Crippen molar-refractivity contribution in [2.75, 3.05) is 32.8 Å². The van der Waals surface area contributed by atoms with Crippen molar-refractivity contribution < 1.29 is 14.7 Å². The fourth-order valence-electron chi connectivity index (χ4n) is 1.94. The number of ether oxygens (including phenoxy) is 1. The monoisotopic (exact) mass is 286 g/mol. The molecule has 0 amide bonds. The highest BCUT2D eigenvalue weighted by atomic mass is 79.9. The van der Waals surface area contributed by atoms with E-state index >= 15 is 0 Å². The first kappa shape index (κ1) is 12.0. The summed E-state index contributed by atoms with van der Waals surface area (Å²) in [4.78, 5) is 1.42. The fraction of sp³-hybridized carbons (Fsp3) is 0.500. The molecule has 4 heteroatoms. The number of aliphatic hydroxyl groups is 1. The second kappa shape index (κ2) is 5.77. The van der Waals surface area contributed by atoms with Crippen molar-refractivity contribution in [2.24, 2.45) is 0 Å². The Balaban J connectivity index is 1.91. The number of halogens is 1. The summed E-state index contributed by atoms with van der Waals surface area (Å²) >= 11 is 3.39. The number of benzene rings is 1. The van der Waals surface area contributed by atoms with Crippen molar-refractivity contribution in [2.45, 2.75) is 6.10 Å². The molecular weight excluding hydrogens is 270 g/mol. The van der Waals surface area contributed by atoms with E-state index in [-0.39, 0.29) is 6.10 Å². The Morgan fingerprint density at radius 2 is 1.88 bits per heavy atom. The van der Waals surface area contributed by atoms with Crippen LogP contribution in [0.25, 0.3) is 0 Å². The Labute approximate surface area is 104 Å². The second-order valence-electron chi connectivity index (χ2n) is 4.13. The summed E-state index contributed by atoms with van der Waals surface area (Å²) in [6.07, 6.45) is -0.374. The fourth-order valence-corrected chi connectivity index (χ4v) is 2.20. The number of aliphatic hydroxyl groups excluding tert-OH is 1. The van der Waals surface area contributed by atoms with Gasteiger partial charge in [0.05, 0.1) is 13.2 Å². The minimum absolute atomic E-state index is 0.374. The van der Waals surface area contributed by atoms with Crippen LogP contribution >= 0.6 is 15.9 Å². The van der Waals surface area contributed by atoms with E-state index in [1.807, 2.05) is 24.3 Å². The highest BCUT2D eigenvalue weighted by Gasteiger charge is 2.19. The molecule has 0 unspecified atom stereocenters. The van der Waals surface area contributed by atoms with Crippen LogP contribution in [0.2, 0.25) is 0 Å². The van der Waals surface area contributed by atoms with Gasteiger partial charge in [-0.2, -0.15) is 0 Å². The van der Waals surface area contributed by atoms with Crippen molar-refractivity contribution in [3.05, 3.63) is 34.3 Å². The molecule has 1 aromatic rings. The van der Waals surface area contributed by atoms with Gasteiger partial charge in [-0.15, -0.1) is 0 Å². The SMILES string of the molecule is O[C@H](C[NH+]1CCOCC1)c1ccc(Br)cc1. The molecule has 2 rings (SSSR count). The van der Waals surface area contributed by atoms with E-state index in [0.717, 1.165) is 42.9 Å². The van der Waals surface area contributed by atoms with Crippen LogP contribution in [0.15, 0.2) is 28.7 Å². The quantitative estimate of drug-likeness (QED) is 0.844. The third-order valence-corrected chi connectivity index (χ3v) is 3.47. The lowest BCUT2D eigenvalue weighted by Crippen LogP contribution is -3.14. The Bertz CT molecular complexity index is 322. The van der Waals surface area contributed by atoms with Gasteiger partial charge < -0.3 is 14.7 Å². The van der Waals surface area contributed by atoms with Crippen molar-refractivity contribution in [1.29, 1.82) is 0 Å². The van der Waals surface area contributed by atoms with Crippen molar-refractivity contribution in [1.82, 2.24) is 0 Å². The van der Waals surface area contributed by atoms with Crippen LogP contribution in [0.1, 0.15) is 11.7 Å². The molecule has 1 heterocycles. The van der Waals surface area contributed by atoms with Crippen LogP contribution in [0.3, 0.4) is 0 Å². The van der Waals surface area contributed by atoms with Crippen molar-refractivity contribution in [3.63, 3.8) is 0 Å². The van der Waals surface area contributed by atoms with Gasteiger partial charge in [-0.05, 0) is 17.7 Å². The van der Waals surface area contributed by atoms with Crippen LogP contribution in [0.4, 0.5) is 0 Å². The van der Waals surface area contributed by atoms with Crippen LogP contribution in [-0.4, -0.2) is 38.0 Å². The van der Waals surface area contributed by atoms with Crippen LogP contribution in [0, 0.1) is 0 Å². The number of morpholine rings is 1. The maximum Gasteiger partial charge on any atom is 0.128 e. The lowest BCUT2D eigenvalue weighted by atomic mass is 10.1. The van der Waals surface area contributed by atoms with E-state index in [1.54, 1.807) is 0 Å². The molecular formula is C12H17BrNO2+. The van der Waals surface area contributed by atoms with Gasteiger partial charge in [0.15, 0.2) is 0 Å². The third kappa shape index (κ3) is 3.28. The Kier molecular flexibility index (Phi) is 4.35. The van der Waals surface area contributed by atoms with Crippen molar-refractivity contribution >= 4 is 15.9 Å². The average molecular weight is 287 g/mol. The van der Waals surface area contributed by atoms with Gasteiger partial charge in [-0.1, -0.05) is 28.1 Å². The molecule has 0 radical (unpaired) electrons. The maximum atomic E-state index is 10.1. The first-order chi connectivity index (χ1) is 7.75. The van der Waals surface area contributed by atoms with E-state index in [2.05, 4.69) is 15.9 Å². The number of hydrogen-bond acceptors (Lipinski definition) is 2. The largest absolute Gasteiger partial charge is 0.382 e. The zero-order chi connectivity index (χ0) is 11.4. The van der Waals surface area contributed by atoms with Gasteiger partial charge >= 0.3 is 0 Å². The molecule has 0 aromatic heterocycles. The van der Waals surface area contributed by atoms with E-state index < -0.39 is 0 Å². The van der Waals surface area contributed by atoms with E-state index in [4.69, 9.17) is 4.74 Å². The molecule has 88 valence electrons. The van der Waals surface area contributed by atoms with Crippen LogP contribution < -0.4 is 4.90 Å². The lowest BCUT2D eigenvalue weighted by Gasteiger charge is -2.25. The van der Waals surface area contributed by atoms with Gasteiger partial charge in [-0.25, -0.2) is 0 Å². The molecule has 1 aromatic carbocycles. The normalized spacial score (nSPS) is 19.6. The van der Waals surface area contributed by atoms with Gasteiger partial charge in [0.25, 0.3) is 0 Å². The number of nitrogens with one attached hydrogen (secondary N) is 1. The minimum Gasteiger partial charge on any atom is -0.382 e. The number of rotatable bonds is 3. The van der Waals surface area contributed by atoms with E-state index in [1.165, 1.54) is 4.90 Å². The predicted octanol–water partition coefficient (Wildman–Crippen LogP) is 0.398. The number of quaternary nitrogens is 1. The first-order valence-corrected chi connectivity index (χ1v) is 6.40. The summed E-state index contributed by atoms with van der Waals surface area (Å²) in [6.45, 7) is 4.37. The van der Waals surface area contributed by atoms with Gasteiger partial charge in [-0.3, -0.25) is 0 Å². The standard InChI is InChI=1S/C12H16BrNO2/c13-11-3-1-10(2-4-11)12(15)9-14-5-7-16-8-6-14/h1-4,12,15H,5-9H2/p+1/t12-/m1/s1. The second-order valence-corrected chi connectivity index (χ2v) is 5.05. The van der Waals surface area contributed by atoms with Crippen LogP contribution in [0.5, 0.6) is 0 Å². The van der Waals surface area contributed by atoms with Gasteiger partial charge in [0.2, 0.25) is 0 Å². The summed E-state index contributed by atoms with van der Waals surface area (Å²) < 4.78 is 6.34. The molecule has 2 N–H and O–H groups in total. The molecule has 1 fully saturated rings. The summed E-state index contributed by atoms with van der Waals surface area (Å²) in [7, 11) is 0. The molecule has 3 nitrogen and oxygen atoms in total. The minimum atomic E-state index is -0.374. The zero-order valence-electron chi connectivity index (χ0n) is 9.16. The molecule has 0 saturated carbocycles. The third-order valence-electron chi connectivity index (χ3n) is 2.94. The van der Waals surface area contributed by atoms with E-state index in [9.17, 15) is 5.11 Å². The lowest BCUT2D eigenvalue weighted by molar-refractivity contribution is -0.911. The maximum absolute atomic E-state index is 10.1. The molecule has 1 atom stereocenters. The molecule has 0 spiro atoms. The molecule has 16 heavy (non-hydrogen) atoms. The smallest absolute Gasteiger partial charge is 0.128 e. The molecule has 1 saturated heterocycles. The molecule has 1 aliphatic rings. The highest BCUT2D eigenvalue weighted by molar-refractivity contribution is 9.10. The van der Waals surface area contributed by atoms with E-state index in [0.29, 0.717) is 0 Å². The van der Waals surface area contributed by atoms with Crippen LogP contribution in [-0.2, 0) is 4.74 Å². The summed E-state index contributed by atoms with van der Waals surface area (Å²) in [6, 6.07) is 7.86. The molecule has 0 aliphatic carbocycles. The Morgan fingerprint density at radius 1 is 1.25 bits per heavy atom. The topological polar surface area (TPSA) is 33.9 Å². The summed E-state index contributed by atoms with van der Waals surface area (Å²) in [5.74, 6) is 0. The Morgan fingerprint density at radius 3 is 2.50 bits per heavy atom.